The minimum Gasteiger partial charge on any atom is -0.491 e. The normalized spacial score (nSPS) is 16.0. The van der Waals surface area contributed by atoms with Crippen LogP contribution in [0, 0.1) is 15.9 Å². The molecule has 5 aromatic rings. The summed E-state index contributed by atoms with van der Waals surface area (Å²) in [7, 11) is 1.64. The van der Waals surface area contributed by atoms with Gasteiger partial charge in [-0.1, -0.05) is 35.9 Å². The van der Waals surface area contributed by atoms with Gasteiger partial charge in [0.15, 0.2) is 5.82 Å². The van der Waals surface area contributed by atoms with Gasteiger partial charge < -0.3 is 34.2 Å². The molecule has 0 spiro atoms. The first-order valence-electron chi connectivity index (χ1n) is 22.2. The van der Waals surface area contributed by atoms with Crippen LogP contribution in [0.5, 0.6) is 5.75 Å². The molecule has 20 nitrogen and oxygen atoms in total. The summed E-state index contributed by atoms with van der Waals surface area (Å²) < 4.78 is 34.0. The molecule has 0 radical (unpaired) electrons. The Kier molecular flexibility index (Phi) is 14.6. The van der Waals surface area contributed by atoms with Gasteiger partial charge in [-0.3, -0.25) is 49.1 Å². The van der Waals surface area contributed by atoms with Gasteiger partial charge in [0.2, 0.25) is 29.6 Å². The van der Waals surface area contributed by atoms with Gasteiger partial charge in [-0.15, -0.1) is 0 Å². The first-order valence-corrected chi connectivity index (χ1v) is 22.6. The van der Waals surface area contributed by atoms with Crippen molar-refractivity contribution < 1.29 is 52.3 Å². The fourth-order valence-electron chi connectivity index (χ4n) is 8.47. The zero-order chi connectivity index (χ0) is 48.9. The fraction of sp³-hybridized carbons (Fsp3) is 0.362. The van der Waals surface area contributed by atoms with Gasteiger partial charge in [-0.2, -0.15) is 4.98 Å². The lowest BCUT2D eigenvalue weighted by atomic mass is 9.95. The zero-order valence-corrected chi connectivity index (χ0v) is 38.4. The number of carbonyl (C=O) groups excluding carboxylic acids is 6. The van der Waals surface area contributed by atoms with E-state index >= 15 is 4.39 Å². The van der Waals surface area contributed by atoms with E-state index < -0.39 is 40.4 Å². The number of hydrogen-bond donors (Lipinski definition) is 2. The average Bonchev–Trinajstić information content (AvgIpc) is 3.58. The SMILES string of the molecule is CC(=O)N1CCN(c2nc(NCCC(=O)N(C)CCOCCOCCOc3ccc4c(c3)C(=O)N(C3CCC(=O)NC3=O)C4=O)nc3c(F)c(-c4cc([N+](=O)[O-])cc5ccccc45)c(Cl)cc23)CC1. The van der Waals surface area contributed by atoms with E-state index in [4.69, 9.17) is 30.8 Å². The second-order valence-electron chi connectivity index (χ2n) is 16.5. The first-order chi connectivity index (χ1) is 33.2. The van der Waals surface area contributed by atoms with E-state index in [0.717, 1.165) is 4.90 Å². The van der Waals surface area contributed by atoms with Crippen LogP contribution in [0.15, 0.2) is 60.7 Å². The minimum absolute atomic E-state index is 0.00580. The van der Waals surface area contributed by atoms with Crippen LogP contribution in [0.1, 0.15) is 46.9 Å². The summed E-state index contributed by atoms with van der Waals surface area (Å²) in [6, 6.07) is 14.5. The monoisotopic (exact) mass is 967 g/mol. The molecule has 69 heavy (non-hydrogen) atoms. The van der Waals surface area contributed by atoms with Crippen molar-refractivity contribution in [2.75, 3.05) is 89.6 Å². The van der Waals surface area contributed by atoms with Crippen molar-refractivity contribution in [3.8, 4) is 16.9 Å². The highest BCUT2D eigenvalue weighted by Crippen LogP contribution is 2.42. The van der Waals surface area contributed by atoms with E-state index in [1.807, 2.05) is 4.90 Å². The van der Waals surface area contributed by atoms with Gasteiger partial charge in [-0.05, 0) is 41.5 Å². The molecule has 8 rings (SSSR count). The predicted octanol–water partition coefficient (Wildman–Crippen LogP) is 4.59. The fourth-order valence-corrected chi connectivity index (χ4v) is 8.76. The van der Waals surface area contributed by atoms with Crippen LogP contribution in [-0.2, 0) is 28.7 Å². The third-order valence-electron chi connectivity index (χ3n) is 12.1. The number of nitro groups is 1. The van der Waals surface area contributed by atoms with Gasteiger partial charge in [0.05, 0.1) is 47.5 Å². The van der Waals surface area contributed by atoms with Crippen molar-refractivity contribution >= 4 is 86.2 Å². The molecule has 360 valence electrons. The van der Waals surface area contributed by atoms with E-state index in [-0.39, 0.29) is 122 Å². The van der Waals surface area contributed by atoms with Crippen molar-refractivity contribution in [3.05, 3.63) is 92.7 Å². The van der Waals surface area contributed by atoms with Crippen molar-refractivity contribution in [2.45, 2.75) is 32.2 Å². The number of nitro benzene ring substituents is 1. The van der Waals surface area contributed by atoms with Gasteiger partial charge in [0.25, 0.3) is 17.5 Å². The van der Waals surface area contributed by atoms with Crippen LogP contribution < -0.4 is 20.3 Å². The Labute approximate surface area is 398 Å². The topological polar surface area (TPSA) is 236 Å². The van der Waals surface area contributed by atoms with Crippen molar-refractivity contribution in [1.29, 1.82) is 0 Å². The Morgan fingerprint density at radius 1 is 0.913 bits per heavy atom. The molecule has 4 heterocycles. The Bertz CT molecular complexity index is 2900. The third kappa shape index (κ3) is 10.4. The van der Waals surface area contributed by atoms with E-state index in [0.29, 0.717) is 53.9 Å². The Morgan fingerprint density at radius 2 is 1.64 bits per heavy atom. The number of fused-ring (bicyclic) bond motifs is 3. The molecule has 6 amide bonds. The number of hydrogen-bond acceptors (Lipinski definition) is 15. The summed E-state index contributed by atoms with van der Waals surface area (Å²) in [5.41, 5.74) is 0.102. The van der Waals surface area contributed by atoms with Crippen LogP contribution in [0.25, 0.3) is 32.8 Å². The van der Waals surface area contributed by atoms with E-state index in [9.17, 15) is 38.9 Å². The smallest absolute Gasteiger partial charge is 0.270 e. The number of aromatic nitrogens is 2. The molecule has 22 heteroatoms. The number of halogens is 2. The molecular formula is C47H47ClFN9O11. The van der Waals surface area contributed by atoms with E-state index in [2.05, 4.69) is 15.6 Å². The Balaban J connectivity index is 0.823. The largest absolute Gasteiger partial charge is 0.491 e. The molecule has 2 fully saturated rings. The molecule has 3 aliphatic heterocycles. The summed E-state index contributed by atoms with van der Waals surface area (Å²) >= 11 is 6.84. The number of piperazine rings is 1. The molecule has 0 aliphatic carbocycles. The average molecular weight is 968 g/mol. The zero-order valence-electron chi connectivity index (χ0n) is 37.6. The Morgan fingerprint density at radius 3 is 2.38 bits per heavy atom. The van der Waals surface area contributed by atoms with Crippen molar-refractivity contribution in [2.24, 2.45) is 0 Å². The predicted molar refractivity (Wildman–Crippen MR) is 250 cm³/mol. The van der Waals surface area contributed by atoms with Gasteiger partial charge in [-0.25, -0.2) is 9.37 Å². The van der Waals surface area contributed by atoms with Gasteiger partial charge >= 0.3 is 0 Å². The number of ether oxygens (including phenoxy) is 3. The summed E-state index contributed by atoms with van der Waals surface area (Å²) in [5, 5.41) is 18.5. The van der Waals surface area contributed by atoms with E-state index in [1.165, 1.54) is 36.1 Å². The number of nitrogens with one attached hydrogen (secondary N) is 2. The second-order valence-corrected chi connectivity index (χ2v) is 16.9. The van der Waals surface area contributed by atoms with Gasteiger partial charge in [0.1, 0.15) is 29.7 Å². The van der Waals surface area contributed by atoms with Crippen LogP contribution in [0.2, 0.25) is 5.02 Å². The number of piperidine rings is 1. The second kappa shape index (κ2) is 20.9. The lowest BCUT2D eigenvalue weighted by Crippen LogP contribution is -2.54. The summed E-state index contributed by atoms with van der Waals surface area (Å²) in [5.74, 6) is -2.71. The number of carbonyl (C=O) groups is 6. The summed E-state index contributed by atoms with van der Waals surface area (Å²) in [4.78, 5) is 102. The molecule has 2 N–H and O–H groups in total. The molecule has 2 saturated heterocycles. The standard InChI is InChI=1S/C47H47ClFN9O11/c1-27(59)55-13-15-56(16-14-55)43-35-26-36(48)40(33-24-29(58(65)66)23-28-5-3-4-6-31(28)33)41(49)42(35)52-47(53-43)50-12-11-39(61)54(2)17-18-67-19-20-68-21-22-69-30-7-8-32-34(25-30)46(64)57(45(32)63)37-9-10-38(60)51-44(37)62/h3-8,23-26,37H,9-22H2,1-2H3,(H,50,52,53)(H,51,60,62). The van der Waals surface area contributed by atoms with Crippen LogP contribution in [0.4, 0.5) is 21.8 Å². The van der Waals surface area contributed by atoms with Crippen LogP contribution in [0.3, 0.4) is 0 Å². The Hall–Kier alpha value is -7.36. The first kappa shape index (κ1) is 48.1. The lowest BCUT2D eigenvalue weighted by molar-refractivity contribution is -0.384. The quantitative estimate of drug-likeness (QED) is 0.0529. The van der Waals surface area contributed by atoms with Crippen molar-refractivity contribution in [1.82, 2.24) is 30.0 Å². The highest BCUT2D eigenvalue weighted by molar-refractivity contribution is 6.35. The van der Waals surface area contributed by atoms with Crippen LogP contribution in [-0.4, -0.2) is 150 Å². The van der Waals surface area contributed by atoms with Gasteiger partial charge in [0, 0.05) is 94.7 Å². The highest BCUT2D eigenvalue weighted by atomic mass is 35.5. The molecule has 0 saturated carbocycles. The summed E-state index contributed by atoms with van der Waals surface area (Å²) in [6.45, 7) is 4.52. The molecule has 1 aromatic heterocycles. The van der Waals surface area contributed by atoms with Crippen LogP contribution >= 0.6 is 11.6 Å². The summed E-state index contributed by atoms with van der Waals surface area (Å²) in [6.07, 6.45) is 0.119. The number of non-ortho nitro benzene ring substituents is 1. The van der Waals surface area contributed by atoms with E-state index in [1.54, 1.807) is 48.3 Å². The number of anilines is 2. The maximum atomic E-state index is 17.0. The number of nitrogens with zero attached hydrogens (tertiary/aromatic N) is 7. The molecular weight excluding hydrogens is 921 g/mol. The lowest BCUT2D eigenvalue weighted by Gasteiger charge is -2.35. The third-order valence-corrected chi connectivity index (χ3v) is 12.4. The molecule has 3 aliphatic rings. The molecule has 4 aromatic carbocycles. The minimum atomic E-state index is -1.06. The molecule has 1 atom stereocenters. The number of imide groups is 2. The number of amides is 6. The number of likely N-dealkylation sites (N-methyl/N-ethyl adjacent to an activating group) is 1. The maximum absolute atomic E-state index is 17.0. The number of benzene rings is 4. The van der Waals surface area contributed by atoms with Crippen molar-refractivity contribution in [3.63, 3.8) is 0 Å². The molecule has 1 unspecified atom stereocenters. The maximum Gasteiger partial charge on any atom is 0.270 e. The highest BCUT2D eigenvalue weighted by Gasteiger charge is 2.44. The number of rotatable bonds is 18. The molecule has 0 bridgehead atoms.